The highest BCUT2D eigenvalue weighted by atomic mass is 19.4. The Morgan fingerprint density at radius 2 is 1.65 bits per heavy atom. The van der Waals surface area contributed by atoms with E-state index in [0.29, 0.717) is 24.4 Å². The fraction of sp³-hybridized carbons (Fsp3) is 0.296. The molecular formula is C27H25F4N3O3. The smallest absolute Gasteiger partial charge is 0.475 e. The molecule has 3 aromatic carbocycles. The van der Waals surface area contributed by atoms with Crippen LogP contribution in [0.1, 0.15) is 24.0 Å². The lowest BCUT2D eigenvalue weighted by atomic mass is 10.0. The van der Waals surface area contributed by atoms with Crippen LogP contribution >= 0.6 is 0 Å². The van der Waals surface area contributed by atoms with Gasteiger partial charge in [0.2, 0.25) is 5.91 Å². The molecule has 0 spiro atoms. The first-order chi connectivity index (χ1) is 17.6. The van der Waals surface area contributed by atoms with E-state index in [1.54, 1.807) is 12.1 Å². The maximum atomic E-state index is 13.0. The van der Waals surface area contributed by atoms with E-state index in [2.05, 4.69) is 16.3 Å². The predicted octanol–water partition coefficient (Wildman–Crippen LogP) is 5.06. The van der Waals surface area contributed by atoms with E-state index < -0.39 is 12.1 Å². The lowest BCUT2D eigenvalue weighted by Crippen LogP contribution is -2.39. The van der Waals surface area contributed by atoms with Gasteiger partial charge in [-0.2, -0.15) is 18.4 Å². The van der Waals surface area contributed by atoms with Crippen LogP contribution in [0.3, 0.4) is 0 Å². The summed E-state index contributed by atoms with van der Waals surface area (Å²) in [6.07, 6.45) is -2.04. The number of hydrogen-bond acceptors (Lipinski definition) is 4. The van der Waals surface area contributed by atoms with Crippen molar-refractivity contribution in [3.05, 3.63) is 77.6 Å². The third-order valence-electron chi connectivity index (χ3n) is 5.76. The number of anilines is 1. The van der Waals surface area contributed by atoms with Gasteiger partial charge in [-0.05, 0) is 55.0 Å². The van der Waals surface area contributed by atoms with Crippen molar-refractivity contribution in [1.82, 2.24) is 5.32 Å². The molecule has 4 rings (SSSR count). The number of fused-ring (bicyclic) bond motifs is 1. The number of amides is 1. The van der Waals surface area contributed by atoms with Crippen LogP contribution in [0.2, 0.25) is 0 Å². The van der Waals surface area contributed by atoms with Crippen molar-refractivity contribution in [2.24, 2.45) is 5.92 Å². The molecule has 3 aromatic rings. The molecule has 1 aliphatic carbocycles. The van der Waals surface area contributed by atoms with Crippen LogP contribution in [0, 0.1) is 23.1 Å². The summed E-state index contributed by atoms with van der Waals surface area (Å²) >= 11 is 0. The lowest BCUT2D eigenvalue weighted by Gasteiger charge is -2.26. The number of nitriles is 1. The fourth-order valence-electron chi connectivity index (χ4n) is 3.74. The quantitative estimate of drug-likeness (QED) is 0.409. The number of aliphatic carboxylic acids is 1. The predicted molar refractivity (Wildman–Crippen MR) is 130 cm³/mol. The second kappa shape index (κ2) is 12.2. The summed E-state index contributed by atoms with van der Waals surface area (Å²) in [5.74, 6) is -2.43. The molecule has 0 unspecified atom stereocenters. The molecule has 0 saturated heterocycles. The summed E-state index contributed by atoms with van der Waals surface area (Å²) < 4.78 is 44.8. The number of nitrogens with one attached hydrogen (secondary N) is 1. The number of carbonyl (C=O) groups is 2. The van der Waals surface area contributed by atoms with Gasteiger partial charge in [-0.25, -0.2) is 9.18 Å². The van der Waals surface area contributed by atoms with Gasteiger partial charge in [0.05, 0.1) is 18.2 Å². The number of halogens is 4. The Morgan fingerprint density at radius 1 is 1.03 bits per heavy atom. The number of rotatable bonds is 8. The number of carboxylic acids is 1. The highest BCUT2D eigenvalue weighted by Gasteiger charge is 2.38. The number of benzene rings is 3. The number of nitrogens with zero attached hydrogens (tertiary/aromatic N) is 2. The number of carbonyl (C=O) groups excluding carboxylic acids is 1. The van der Waals surface area contributed by atoms with Crippen molar-refractivity contribution in [2.75, 3.05) is 24.5 Å². The summed E-state index contributed by atoms with van der Waals surface area (Å²) in [6, 6.07) is 20.3. The summed E-state index contributed by atoms with van der Waals surface area (Å²) in [7, 11) is 0. The minimum absolute atomic E-state index is 0.0359. The Labute approximate surface area is 211 Å². The van der Waals surface area contributed by atoms with E-state index in [1.807, 2.05) is 36.4 Å². The van der Waals surface area contributed by atoms with Gasteiger partial charge in [0.25, 0.3) is 0 Å². The monoisotopic (exact) mass is 515 g/mol. The van der Waals surface area contributed by atoms with Crippen LogP contribution in [-0.4, -0.2) is 42.8 Å². The van der Waals surface area contributed by atoms with Crippen molar-refractivity contribution in [1.29, 1.82) is 5.26 Å². The molecular weight excluding hydrogens is 490 g/mol. The SMILES string of the molecule is N#Cc1ccc(N(CC(=O)NCCc2ccc(F)cc2)CC2CC2)c2ccccc12.O=C(O)C(F)(F)F. The van der Waals surface area contributed by atoms with E-state index in [1.165, 1.54) is 25.0 Å². The van der Waals surface area contributed by atoms with Crippen LogP contribution in [0.5, 0.6) is 0 Å². The van der Waals surface area contributed by atoms with Crippen molar-refractivity contribution < 1.29 is 32.3 Å². The highest BCUT2D eigenvalue weighted by molar-refractivity contribution is 5.99. The number of hydrogen-bond donors (Lipinski definition) is 2. The standard InChI is InChI=1S/C25H24FN3O.C2HF3O2/c26-21-10-7-18(8-11-21)13-14-28-25(30)17-29(16-19-5-6-19)24-12-9-20(15-27)22-3-1-2-4-23(22)24;3-2(4,5)1(6)7/h1-4,7-12,19H,5-6,13-14,16-17H2,(H,28,30);(H,6,7). The van der Waals surface area contributed by atoms with E-state index >= 15 is 0 Å². The zero-order chi connectivity index (χ0) is 27.0. The second-order valence-corrected chi connectivity index (χ2v) is 8.64. The molecule has 1 aliphatic rings. The lowest BCUT2D eigenvalue weighted by molar-refractivity contribution is -0.192. The van der Waals surface area contributed by atoms with Crippen LogP contribution < -0.4 is 10.2 Å². The van der Waals surface area contributed by atoms with E-state index in [-0.39, 0.29) is 18.3 Å². The summed E-state index contributed by atoms with van der Waals surface area (Å²) in [5.41, 5.74) is 2.62. The van der Waals surface area contributed by atoms with Gasteiger partial charge in [-0.1, -0.05) is 36.4 Å². The summed E-state index contributed by atoms with van der Waals surface area (Å²) in [5, 5.41) is 21.4. The topological polar surface area (TPSA) is 93.4 Å². The number of carboxylic acid groups (broad SMARTS) is 1. The molecule has 0 bridgehead atoms. The van der Waals surface area contributed by atoms with Gasteiger partial charge >= 0.3 is 12.1 Å². The first-order valence-electron chi connectivity index (χ1n) is 11.6. The molecule has 1 fully saturated rings. The molecule has 0 atom stereocenters. The minimum atomic E-state index is -5.08. The molecule has 0 heterocycles. The average molecular weight is 516 g/mol. The van der Waals surface area contributed by atoms with Crippen LogP contribution in [0.25, 0.3) is 10.8 Å². The first kappa shape index (κ1) is 27.5. The maximum Gasteiger partial charge on any atom is 0.490 e. The van der Waals surface area contributed by atoms with E-state index in [9.17, 15) is 27.6 Å². The zero-order valence-corrected chi connectivity index (χ0v) is 19.8. The molecule has 6 nitrogen and oxygen atoms in total. The molecule has 10 heteroatoms. The number of alkyl halides is 3. The average Bonchev–Trinajstić information content (AvgIpc) is 3.68. The largest absolute Gasteiger partial charge is 0.490 e. The van der Waals surface area contributed by atoms with Gasteiger partial charge in [-0.3, -0.25) is 4.79 Å². The molecule has 0 aromatic heterocycles. The Hall–Kier alpha value is -4.13. The van der Waals surface area contributed by atoms with Crippen molar-refractivity contribution in [2.45, 2.75) is 25.4 Å². The fourth-order valence-corrected chi connectivity index (χ4v) is 3.74. The van der Waals surface area contributed by atoms with Gasteiger partial charge in [0.1, 0.15) is 5.82 Å². The maximum absolute atomic E-state index is 13.0. The van der Waals surface area contributed by atoms with Crippen molar-refractivity contribution in [3.63, 3.8) is 0 Å². The Bertz CT molecular complexity index is 1280. The summed E-state index contributed by atoms with van der Waals surface area (Å²) in [4.78, 5) is 23.7. The Balaban J connectivity index is 0.000000479. The Morgan fingerprint density at radius 3 is 2.22 bits per heavy atom. The van der Waals surface area contributed by atoms with Gasteiger partial charge in [-0.15, -0.1) is 0 Å². The van der Waals surface area contributed by atoms with Gasteiger partial charge in [0, 0.05) is 29.5 Å². The Kier molecular flexibility index (Phi) is 9.06. The third-order valence-corrected chi connectivity index (χ3v) is 5.76. The second-order valence-electron chi connectivity index (χ2n) is 8.64. The highest BCUT2D eigenvalue weighted by Crippen LogP contribution is 2.34. The minimum Gasteiger partial charge on any atom is -0.475 e. The van der Waals surface area contributed by atoms with Crippen LogP contribution in [0.4, 0.5) is 23.2 Å². The molecule has 0 aliphatic heterocycles. The third kappa shape index (κ3) is 8.20. The van der Waals surface area contributed by atoms with Crippen molar-refractivity contribution >= 4 is 28.3 Å². The zero-order valence-electron chi connectivity index (χ0n) is 19.8. The molecule has 0 radical (unpaired) electrons. The molecule has 1 amide bonds. The van der Waals surface area contributed by atoms with E-state index in [0.717, 1.165) is 28.6 Å². The molecule has 2 N–H and O–H groups in total. The molecule has 37 heavy (non-hydrogen) atoms. The van der Waals surface area contributed by atoms with Crippen LogP contribution in [0.15, 0.2) is 60.7 Å². The molecule has 194 valence electrons. The van der Waals surface area contributed by atoms with Crippen molar-refractivity contribution in [3.8, 4) is 6.07 Å². The summed E-state index contributed by atoms with van der Waals surface area (Å²) in [6.45, 7) is 1.62. The first-order valence-corrected chi connectivity index (χ1v) is 11.6. The molecule has 1 saturated carbocycles. The normalized spacial score (nSPS) is 12.7. The van der Waals surface area contributed by atoms with E-state index in [4.69, 9.17) is 9.90 Å². The van der Waals surface area contributed by atoms with Crippen LogP contribution in [-0.2, 0) is 16.0 Å². The van der Waals surface area contributed by atoms with Gasteiger partial charge < -0.3 is 15.3 Å². The van der Waals surface area contributed by atoms with Gasteiger partial charge in [0.15, 0.2) is 0 Å².